The Kier molecular flexibility index (Phi) is 10.1. The number of rotatable bonds is 9. The molecule has 0 fully saturated rings. The maximum absolute atomic E-state index is 5.53. The molecule has 0 aliphatic rings. The van der Waals surface area contributed by atoms with Crippen molar-refractivity contribution < 1.29 is 0 Å². The first-order chi connectivity index (χ1) is 6.35. The number of hydrogen-bond acceptors (Lipinski definition) is 1. The molecule has 0 aliphatic heterocycles. The summed E-state index contributed by atoms with van der Waals surface area (Å²) in [6, 6.07) is 0. The van der Waals surface area contributed by atoms with Gasteiger partial charge in [-0.1, -0.05) is 58.5 Å². The normalized spacial score (nSPS) is 10.4. The van der Waals surface area contributed by atoms with Gasteiger partial charge in [0, 0.05) is 0 Å². The van der Waals surface area contributed by atoms with E-state index in [0.717, 1.165) is 13.3 Å². The highest BCUT2D eigenvalue weighted by Crippen LogP contribution is 2.14. The van der Waals surface area contributed by atoms with Crippen molar-refractivity contribution in [1.29, 1.82) is 0 Å². The Labute approximate surface area is 84.6 Å². The monoisotopic (exact) mass is 183 g/mol. The molecule has 2 N–H and O–H groups in total. The molecular formula is C11H26BN. The molecular weight excluding hydrogens is 157 g/mol. The molecule has 0 radical (unpaired) electrons. The summed E-state index contributed by atoms with van der Waals surface area (Å²) in [7, 11) is 0. The van der Waals surface area contributed by atoms with Gasteiger partial charge in [0.2, 0.25) is 0 Å². The van der Waals surface area contributed by atoms with Crippen molar-refractivity contribution >= 4 is 6.71 Å². The van der Waals surface area contributed by atoms with Gasteiger partial charge in [-0.25, -0.2) is 0 Å². The SMILES string of the molecule is CCCCB(CCCC)CCCN. The van der Waals surface area contributed by atoms with Crippen LogP contribution >= 0.6 is 0 Å². The van der Waals surface area contributed by atoms with E-state index in [4.69, 9.17) is 5.73 Å². The first-order valence-electron chi connectivity index (χ1n) is 6.05. The summed E-state index contributed by atoms with van der Waals surface area (Å²) in [5, 5.41) is 0. The van der Waals surface area contributed by atoms with Crippen LogP contribution in [0.15, 0.2) is 0 Å². The molecule has 0 saturated carbocycles. The highest BCUT2D eigenvalue weighted by Gasteiger charge is 2.10. The quantitative estimate of drug-likeness (QED) is 0.544. The summed E-state index contributed by atoms with van der Waals surface area (Å²) in [6.45, 7) is 6.39. The predicted molar refractivity (Wildman–Crippen MR) is 63.7 cm³/mol. The molecule has 78 valence electrons. The highest BCUT2D eigenvalue weighted by atomic mass is 14.5. The maximum atomic E-state index is 5.53. The van der Waals surface area contributed by atoms with Crippen molar-refractivity contribution in [3.8, 4) is 0 Å². The third kappa shape index (κ3) is 8.36. The van der Waals surface area contributed by atoms with Gasteiger partial charge < -0.3 is 5.73 Å². The summed E-state index contributed by atoms with van der Waals surface area (Å²) < 4.78 is 0. The third-order valence-electron chi connectivity index (χ3n) is 2.75. The van der Waals surface area contributed by atoms with Crippen LogP contribution in [0, 0.1) is 0 Å². The molecule has 0 aromatic rings. The third-order valence-corrected chi connectivity index (χ3v) is 2.75. The molecule has 0 unspecified atom stereocenters. The Balaban J connectivity index is 3.47. The van der Waals surface area contributed by atoms with E-state index >= 15 is 0 Å². The molecule has 0 aromatic carbocycles. The van der Waals surface area contributed by atoms with E-state index < -0.39 is 0 Å². The average molecular weight is 183 g/mol. The van der Waals surface area contributed by atoms with Crippen molar-refractivity contribution in [3.63, 3.8) is 0 Å². The Bertz CT molecular complexity index is 77.1. The van der Waals surface area contributed by atoms with Crippen LogP contribution < -0.4 is 5.73 Å². The molecule has 2 heteroatoms. The van der Waals surface area contributed by atoms with Gasteiger partial charge in [-0.2, -0.15) is 0 Å². The Morgan fingerprint density at radius 1 is 0.846 bits per heavy atom. The molecule has 0 heterocycles. The highest BCUT2D eigenvalue weighted by molar-refractivity contribution is 6.58. The van der Waals surface area contributed by atoms with Crippen molar-refractivity contribution in [3.05, 3.63) is 0 Å². The summed E-state index contributed by atoms with van der Waals surface area (Å²) in [4.78, 5) is 0. The van der Waals surface area contributed by atoms with E-state index in [-0.39, 0.29) is 0 Å². The topological polar surface area (TPSA) is 26.0 Å². The van der Waals surface area contributed by atoms with E-state index in [0.29, 0.717) is 0 Å². The zero-order chi connectivity index (χ0) is 9.94. The average Bonchev–Trinajstić information content (AvgIpc) is 2.17. The fourth-order valence-corrected chi connectivity index (χ4v) is 1.83. The van der Waals surface area contributed by atoms with E-state index in [2.05, 4.69) is 13.8 Å². The van der Waals surface area contributed by atoms with Gasteiger partial charge in [0.05, 0.1) is 0 Å². The molecule has 0 saturated heterocycles. The lowest BCUT2D eigenvalue weighted by molar-refractivity contribution is 0.822. The molecule has 0 atom stereocenters. The Morgan fingerprint density at radius 2 is 1.31 bits per heavy atom. The van der Waals surface area contributed by atoms with Crippen molar-refractivity contribution in [2.24, 2.45) is 5.73 Å². The van der Waals surface area contributed by atoms with Crippen LogP contribution in [0.2, 0.25) is 19.0 Å². The van der Waals surface area contributed by atoms with Gasteiger partial charge in [0.1, 0.15) is 6.71 Å². The van der Waals surface area contributed by atoms with Gasteiger partial charge in [0.15, 0.2) is 0 Å². The molecule has 0 bridgehead atoms. The van der Waals surface area contributed by atoms with Gasteiger partial charge in [-0.15, -0.1) is 0 Å². The van der Waals surface area contributed by atoms with E-state index in [1.165, 1.54) is 51.1 Å². The van der Waals surface area contributed by atoms with E-state index in [9.17, 15) is 0 Å². The first kappa shape index (κ1) is 13.0. The fraction of sp³-hybridized carbons (Fsp3) is 1.00. The van der Waals surface area contributed by atoms with Gasteiger partial charge >= 0.3 is 0 Å². The second kappa shape index (κ2) is 10.1. The lowest BCUT2D eigenvalue weighted by Crippen LogP contribution is -2.13. The van der Waals surface area contributed by atoms with E-state index in [1.54, 1.807) is 0 Å². The lowest BCUT2D eigenvalue weighted by atomic mass is 9.41. The Morgan fingerprint density at radius 3 is 1.69 bits per heavy atom. The zero-order valence-corrected chi connectivity index (χ0v) is 9.52. The number of unbranched alkanes of at least 4 members (excludes halogenated alkanes) is 2. The number of nitrogens with two attached hydrogens (primary N) is 1. The summed E-state index contributed by atoms with van der Waals surface area (Å²) in [5.41, 5.74) is 5.53. The van der Waals surface area contributed by atoms with E-state index in [1.807, 2.05) is 0 Å². The van der Waals surface area contributed by atoms with Crippen molar-refractivity contribution in [1.82, 2.24) is 0 Å². The van der Waals surface area contributed by atoms with Crippen LogP contribution in [0.25, 0.3) is 0 Å². The largest absolute Gasteiger partial charge is 0.331 e. The number of hydrogen-bond donors (Lipinski definition) is 1. The molecule has 0 spiro atoms. The van der Waals surface area contributed by atoms with Crippen LogP contribution in [0.5, 0.6) is 0 Å². The lowest BCUT2D eigenvalue weighted by Gasteiger charge is -2.11. The molecule has 0 aliphatic carbocycles. The Hall–Kier alpha value is 0.0249. The van der Waals surface area contributed by atoms with Crippen LogP contribution in [0.3, 0.4) is 0 Å². The van der Waals surface area contributed by atoms with Crippen molar-refractivity contribution in [2.75, 3.05) is 6.54 Å². The van der Waals surface area contributed by atoms with Crippen LogP contribution in [0.1, 0.15) is 46.0 Å². The first-order valence-corrected chi connectivity index (χ1v) is 6.05. The van der Waals surface area contributed by atoms with Crippen LogP contribution in [-0.2, 0) is 0 Å². The molecule has 1 nitrogen and oxygen atoms in total. The predicted octanol–water partition coefficient (Wildman–Crippen LogP) is 3.43. The second-order valence-electron chi connectivity index (χ2n) is 4.08. The fourth-order valence-electron chi connectivity index (χ4n) is 1.83. The zero-order valence-electron chi connectivity index (χ0n) is 9.52. The van der Waals surface area contributed by atoms with Gasteiger partial charge in [-0.3, -0.25) is 0 Å². The van der Waals surface area contributed by atoms with Crippen LogP contribution in [0.4, 0.5) is 0 Å². The summed E-state index contributed by atoms with van der Waals surface area (Å²) >= 11 is 0. The van der Waals surface area contributed by atoms with Gasteiger partial charge in [-0.05, 0) is 13.0 Å². The molecule has 0 amide bonds. The minimum Gasteiger partial charge on any atom is -0.331 e. The molecule has 13 heavy (non-hydrogen) atoms. The molecule has 0 aromatic heterocycles. The smallest absolute Gasteiger partial charge is 0.139 e. The summed E-state index contributed by atoms with van der Waals surface area (Å²) in [5.74, 6) is 0. The summed E-state index contributed by atoms with van der Waals surface area (Å²) in [6.07, 6.45) is 10.9. The standard InChI is InChI=1S/C11H26BN/c1-3-5-8-12(9-6-4-2)10-7-11-13/h3-11,13H2,1-2H3. The maximum Gasteiger partial charge on any atom is 0.139 e. The minimum atomic E-state index is 0.870. The van der Waals surface area contributed by atoms with Crippen molar-refractivity contribution in [2.45, 2.75) is 64.9 Å². The van der Waals surface area contributed by atoms with Crippen LogP contribution in [-0.4, -0.2) is 13.3 Å². The molecule has 0 rings (SSSR count). The minimum absolute atomic E-state index is 0.870. The van der Waals surface area contributed by atoms with Gasteiger partial charge in [0.25, 0.3) is 0 Å². The second-order valence-corrected chi connectivity index (χ2v) is 4.08.